The molecule has 2 fully saturated rings. The average molecular weight is 270 g/mol. The van der Waals surface area contributed by atoms with Gasteiger partial charge in [0.2, 0.25) is 0 Å². The Hall–Kier alpha value is -0.780. The quantitative estimate of drug-likeness (QED) is 0.569. The van der Waals surface area contributed by atoms with E-state index in [1.807, 2.05) is 0 Å². The molecule has 2 aliphatic rings. The largest absolute Gasteiger partial charge is 0.0585 e. The molecule has 0 aliphatic heterocycles. The van der Waals surface area contributed by atoms with Crippen LogP contribution in [0.15, 0.2) is 24.3 Å². The Morgan fingerprint density at radius 3 is 1.90 bits per heavy atom. The van der Waals surface area contributed by atoms with Gasteiger partial charge in [0.05, 0.1) is 0 Å². The van der Waals surface area contributed by atoms with Crippen LogP contribution in [0.1, 0.15) is 89.2 Å². The van der Waals surface area contributed by atoms with Crippen LogP contribution >= 0.6 is 0 Å². The fraction of sp³-hybridized carbons (Fsp3) is 0.700. The molecule has 0 radical (unpaired) electrons. The van der Waals surface area contributed by atoms with Gasteiger partial charge in [-0.05, 0) is 66.4 Å². The maximum absolute atomic E-state index is 2.40. The van der Waals surface area contributed by atoms with Gasteiger partial charge in [0.25, 0.3) is 0 Å². The lowest BCUT2D eigenvalue weighted by molar-refractivity contribution is 0.181. The highest BCUT2D eigenvalue weighted by Gasteiger charge is 2.37. The van der Waals surface area contributed by atoms with E-state index >= 15 is 0 Å². The maximum Gasteiger partial charge on any atom is -0.0132 e. The fourth-order valence-corrected chi connectivity index (χ4v) is 4.44. The van der Waals surface area contributed by atoms with Gasteiger partial charge in [-0.2, -0.15) is 0 Å². The summed E-state index contributed by atoms with van der Waals surface area (Å²) in [7, 11) is 0. The molecule has 0 N–H and O–H groups in total. The van der Waals surface area contributed by atoms with Crippen LogP contribution in [0, 0.1) is 5.41 Å². The van der Waals surface area contributed by atoms with Crippen molar-refractivity contribution in [3.05, 3.63) is 35.4 Å². The predicted octanol–water partition coefficient (Wildman–Crippen LogP) is 6.20. The zero-order chi connectivity index (χ0) is 14.2. The third-order valence-electron chi connectivity index (χ3n) is 5.96. The summed E-state index contributed by atoms with van der Waals surface area (Å²) in [5.74, 6) is 0.829. The summed E-state index contributed by atoms with van der Waals surface area (Å²) in [5, 5.41) is 0. The summed E-state index contributed by atoms with van der Waals surface area (Å²) in [6.07, 6.45) is 11.8. The molecule has 0 aromatic heterocycles. The second-order valence-corrected chi connectivity index (χ2v) is 8.35. The first-order valence-electron chi connectivity index (χ1n) is 8.59. The minimum absolute atomic E-state index is 0.277. The summed E-state index contributed by atoms with van der Waals surface area (Å²) in [5.41, 5.74) is 4.09. The van der Waals surface area contributed by atoms with Crippen molar-refractivity contribution in [2.75, 3.05) is 0 Å². The summed E-state index contributed by atoms with van der Waals surface area (Å²) in [6.45, 7) is 6.89. The molecule has 0 amide bonds. The first kappa shape index (κ1) is 14.2. The Bertz CT molecular complexity index is 430. The highest BCUT2D eigenvalue weighted by molar-refractivity contribution is 5.29. The Morgan fingerprint density at radius 1 is 0.850 bits per heavy atom. The minimum Gasteiger partial charge on any atom is -0.0585 e. The topological polar surface area (TPSA) is 0 Å². The van der Waals surface area contributed by atoms with Crippen LogP contribution < -0.4 is 0 Å². The molecule has 1 aromatic carbocycles. The van der Waals surface area contributed by atoms with Crippen LogP contribution in [-0.2, 0) is 5.41 Å². The molecule has 0 heteroatoms. The third-order valence-corrected chi connectivity index (χ3v) is 5.96. The van der Waals surface area contributed by atoms with Gasteiger partial charge in [-0.3, -0.25) is 0 Å². The minimum atomic E-state index is 0.277. The van der Waals surface area contributed by atoms with E-state index in [9.17, 15) is 0 Å². The van der Waals surface area contributed by atoms with Crippen molar-refractivity contribution in [3.8, 4) is 0 Å². The van der Waals surface area contributed by atoms with Crippen LogP contribution in [0.4, 0.5) is 0 Å². The van der Waals surface area contributed by atoms with Crippen LogP contribution in [0.5, 0.6) is 0 Å². The van der Waals surface area contributed by atoms with Crippen LogP contribution in [0.2, 0.25) is 0 Å². The van der Waals surface area contributed by atoms with E-state index in [0.29, 0.717) is 0 Å². The molecule has 1 spiro atoms. The summed E-state index contributed by atoms with van der Waals surface area (Å²) < 4.78 is 0. The Kier molecular flexibility index (Phi) is 3.69. The molecule has 0 bridgehead atoms. The van der Waals surface area contributed by atoms with Crippen molar-refractivity contribution >= 4 is 0 Å². The van der Waals surface area contributed by atoms with E-state index in [2.05, 4.69) is 45.0 Å². The van der Waals surface area contributed by atoms with Gasteiger partial charge in [0.1, 0.15) is 0 Å². The Morgan fingerprint density at radius 2 is 1.40 bits per heavy atom. The SMILES string of the molecule is CC(C)(C)c1ccc(C2CCC3(CCCC3)CC2)cc1. The van der Waals surface area contributed by atoms with E-state index in [-0.39, 0.29) is 5.41 Å². The third kappa shape index (κ3) is 2.80. The molecule has 0 unspecified atom stereocenters. The highest BCUT2D eigenvalue weighted by Crippen LogP contribution is 2.52. The van der Waals surface area contributed by atoms with Gasteiger partial charge >= 0.3 is 0 Å². The standard InChI is InChI=1S/C20H30/c1-19(2,3)18-8-6-16(7-9-18)17-10-14-20(15-11-17)12-4-5-13-20/h6-9,17H,4-5,10-15H2,1-3H3. The molecule has 1 aromatic rings. The predicted molar refractivity (Wildman–Crippen MR) is 87.3 cm³/mol. The van der Waals surface area contributed by atoms with E-state index in [1.165, 1.54) is 56.9 Å². The van der Waals surface area contributed by atoms with Gasteiger partial charge in [-0.25, -0.2) is 0 Å². The van der Waals surface area contributed by atoms with Crippen LogP contribution in [0.3, 0.4) is 0 Å². The molecular formula is C20H30. The lowest BCUT2D eigenvalue weighted by Crippen LogP contribution is -2.23. The highest BCUT2D eigenvalue weighted by atomic mass is 14.4. The second-order valence-electron chi connectivity index (χ2n) is 8.35. The average Bonchev–Trinajstić information content (AvgIpc) is 2.87. The van der Waals surface area contributed by atoms with Gasteiger partial charge < -0.3 is 0 Å². The lowest BCUT2D eigenvalue weighted by Gasteiger charge is -2.37. The molecule has 2 saturated carbocycles. The van der Waals surface area contributed by atoms with Crippen molar-refractivity contribution in [3.63, 3.8) is 0 Å². The van der Waals surface area contributed by atoms with Crippen molar-refractivity contribution in [2.24, 2.45) is 5.41 Å². The summed E-state index contributed by atoms with van der Waals surface area (Å²) in [6, 6.07) is 9.51. The molecule has 0 saturated heterocycles. The van der Waals surface area contributed by atoms with Crippen molar-refractivity contribution in [1.82, 2.24) is 0 Å². The zero-order valence-electron chi connectivity index (χ0n) is 13.5. The van der Waals surface area contributed by atoms with E-state index in [4.69, 9.17) is 0 Å². The number of hydrogen-bond acceptors (Lipinski definition) is 0. The van der Waals surface area contributed by atoms with Crippen molar-refractivity contribution in [2.45, 2.75) is 83.5 Å². The molecule has 0 heterocycles. The number of hydrogen-bond donors (Lipinski definition) is 0. The second kappa shape index (κ2) is 5.20. The Balaban J connectivity index is 1.66. The van der Waals surface area contributed by atoms with E-state index in [0.717, 1.165) is 11.3 Å². The van der Waals surface area contributed by atoms with Crippen LogP contribution in [-0.4, -0.2) is 0 Å². The van der Waals surface area contributed by atoms with E-state index in [1.54, 1.807) is 5.56 Å². The van der Waals surface area contributed by atoms with Crippen molar-refractivity contribution < 1.29 is 0 Å². The van der Waals surface area contributed by atoms with Gasteiger partial charge in [0, 0.05) is 0 Å². The zero-order valence-corrected chi connectivity index (χ0v) is 13.5. The van der Waals surface area contributed by atoms with Crippen molar-refractivity contribution in [1.29, 1.82) is 0 Å². The molecule has 2 aliphatic carbocycles. The van der Waals surface area contributed by atoms with Crippen LogP contribution in [0.25, 0.3) is 0 Å². The summed E-state index contributed by atoms with van der Waals surface area (Å²) in [4.78, 5) is 0. The number of rotatable bonds is 1. The smallest absolute Gasteiger partial charge is 0.0132 e. The molecule has 3 rings (SSSR count). The summed E-state index contributed by atoms with van der Waals surface area (Å²) >= 11 is 0. The Labute approximate surface area is 125 Å². The lowest BCUT2D eigenvalue weighted by atomic mass is 9.68. The normalized spacial score (nSPS) is 23.4. The fourth-order valence-electron chi connectivity index (χ4n) is 4.44. The van der Waals surface area contributed by atoms with E-state index < -0.39 is 0 Å². The molecule has 110 valence electrons. The molecule has 20 heavy (non-hydrogen) atoms. The van der Waals surface area contributed by atoms with Gasteiger partial charge in [-0.1, -0.05) is 57.9 Å². The maximum atomic E-state index is 2.40. The number of benzene rings is 1. The molecule has 0 atom stereocenters. The first-order valence-corrected chi connectivity index (χ1v) is 8.59. The van der Waals surface area contributed by atoms with Gasteiger partial charge in [0.15, 0.2) is 0 Å². The molecular weight excluding hydrogens is 240 g/mol. The first-order chi connectivity index (χ1) is 9.49. The molecule has 0 nitrogen and oxygen atoms in total. The van der Waals surface area contributed by atoms with Gasteiger partial charge in [-0.15, -0.1) is 0 Å². The monoisotopic (exact) mass is 270 g/mol.